The average molecular weight is 238 g/mol. The third-order valence-electron chi connectivity index (χ3n) is 4.58. The Bertz CT molecular complexity index is 217. The van der Waals surface area contributed by atoms with Crippen molar-refractivity contribution in [1.29, 1.82) is 0 Å². The molecule has 0 radical (unpaired) electrons. The molecule has 2 nitrogen and oxygen atoms in total. The largest absolute Gasteiger partial charge is 0.316 e. The maximum absolute atomic E-state index is 3.55. The summed E-state index contributed by atoms with van der Waals surface area (Å²) in [6.07, 6.45) is 8.59. The SMILES string of the molecule is CC1CCCC(N2CCCNCC(C)C2)CC1. The van der Waals surface area contributed by atoms with Crippen LogP contribution in [0.3, 0.4) is 0 Å². The first-order valence-electron chi connectivity index (χ1n) is 7.70. The third-order valence-corrected chi connectivity index (χ3v) is 4.58. The maximum Gasteiger partial charge on any atom is 0.00954 e. The summed E-state index contributed by atoms with van der Waals surface area (Å²) >= 11 is 0. The molecule has 0 spiro atoms. The first-order valence-corrected chi connectivity index (χ1v) is 7.70. The lowest BCUT2D eigenvalue weighted by Gasteiger charge is -2.35. The van der Waals surface area contributed by atoms with E-state index in [1.807, 2.05) is 0 Å². The van der Waals surface area contributed by atoms with Crippen LogP contribution in [0.15, 0.2) is 0 Å². The minimum absolute atomic E-state index is 0.816. The lowest BCUT2D eigenvalue weighted by Crippen LogP contribution is -2.44. The number of nitrogens with one attached hydrogen (secondary N) is 1. The summed E-state index contributed by atoms with van der Waals surface area (Å²) < 4.78 is 0. The van der Waals surface area contributed by atoms with Crippen molar-refractivity contribution in [1.82, 2.24) is 10.2 Å². The van der Waals surface area contributed by atoms with Crippen LogP contribution in [0.5, 0.6) is 0 Å². The van der Waals surface area contributed by atoms with E-state index in [4.69, 9.17) is 0 Å². The topological polar surface area (TPSA) is 15.3 Å². The van der Waals surface area contributed by atoms with Crippen molar-refractivity contribution < 1.29 is 0 Å². The fraction of sp³-hybridized carbons (Fsp3) is 1.00. The van der Waals surface area contributed by atoms with Crippen molar-refractivity contribution in [3.05, 3.63) is 0 Å². The van der Waals surface area contributed by atoms with Gasteiger partial charge in [-0.05, 0) is 57.2 Å². The van der Waals surface area contributed by atoms with Crippen LogP contribution in [0.2, 0.25) is 0 Å². The van der Waals surface area contributed by atoms with Crippen LogP contribution in [-0.4, -0.2) is 37.1 Å². The van der Waals surface area contributed by atoms with E-state index in [0.29, 0.717) is 0 Å². The first kappa shape index (κ1) is 13.4. The first-order chi connectivity index (χ1) is 8.25. The Balaban J connectivity index is 1.88. The van der Waals surface area contributed by atoms with Gasteiger partial charge in [0.2, 0.25) is 0 Å². The monoisotopic (exact) mass is 238 g/mol. The molecular weight excluding hydrogens is 208 g/mol. The Hall–Kier alpha value is -0.0800. The molecule has 1 heterocycles. The normalized spacial score (nSPS) is 38.1. The van der Waals surface area contributed by atoms with Gasteiger partial charge in [-0.1, -0.05) is 26.7 Å². The molecule has 1 saturated carbocycles. The number of nitrogens with zero attached hydrogens (tertiary/aromatic N) is 1. The summed E-state index contributed by atoms with van der Waals surface area (Å²) in [5, 5.41) is 3.55. The van der Waals surface area contributed by atoms with Crippen LogP contribution in [0.4, 0.5) is 0 Å². The Morgan fingerprint density at radius 3 is 2.71 bits per heavy atom. The van der Waals surface area contributed by atoms with Crippen LogP contribution in [-0.2, 0) is 0 Å². The average Bonchev–Trinajstić information content (AvgIpc) is 2.48. The van der Waals surface area contributed by atoms with E-state index >= 15 is 0 Å². The second-order valence-electron chi connectivity index (χ2n) is 6.43. The molecule has 1 aliphatic heterocycles. The van der Waals surface area contributed by atoms with Gasteiger partial charge in [0, 0.05) is 12.6 Å². The van der Waals surface area contributed by atoms with Crippen molar-refractivity contribution in [3.8, 4) is 0 Å². The lowest BCUT2D eigenvalue weighted by atomic mass is 10.0. The molecular formula is C15H30N2. The van der Waals surface area contributed by atoms with E-state index in [9.17, 15) is 0 Å². The molecule has 0 amide bonds. The van der Waals surface area contributed by atoms with Crippen molar-refractivity contribution in [2.75, 3.05) is 26.2 Å². The van der Waals surface area contributed by atoms with Crippen LogP contribution >= 0.6 is 0 Å². The number of hydrogen-bond acceptors (Lipinski definition) is 2. The molecule has 3 unspecified atom stereocenters. The molecule has 2 fully saturated rings. The van der Waals surface area contributed by atoms with Gasteiger partial charge in [-0.25, -0.2) is 0 Å². The fourth-order valence-corrected chi connectivity index (χ4v) is 3.48. The van der Waals surface area contributed by atoms with Gasteiger partial charge in [-0.15, -0.1) is 0 Å². The summed E-state index contributed by atoms with van der Waals surface area (Å²) in [7, 11) is 0. The molecule has 17 heavy (non-hydrogen) atoms. The Morgan fingerprint density at radius 1 is 0.941 bits per heavy atom. The molecule has 1 saturated heterocycles. The summed E-state index contributed by atoms with van der Waals surface area (Å²) in [6, 6.07) is 0.889. The standard InChI is InChI=1S/C15H30N2/c1-13-5-3-6-15(8-7-13)17-10-4-9-16-11-14(2)12-17/h13-16H,3-12H2,1-2H3. The van der Waals surface area contributed by atoms with Gasteiger partial charge in [0.05, 0.1) is 0 Å². The highest BCUT2D eigenvalue weighted by Crippen LogP contribution is 2.26. The molecule has 2 aliphatic rings. The highest BCUT2D eigenvalue weighted by atomic mass is 15.2. The molecule has 2 rings (SSSR count). The molecule has 100 valence electrons. The second kappa shape index (κ2) is 6.75. The zero-order valence-corrected chi connectivity index (χ0v) is 11.8. The van der Waals surface area contributed by atoms with Gasteiger partial charge in [-0.3, -0.25) is 0 Å². The highest BCUT2D eigenvalue weighted by Gasteiger charge is 2.23. The van der Waals surface area contributed by atoms with Crippen molar-refractivity contribution in [2.24, 2.45) is 11.8 Å². The summed E-state index contributed by atoms with van der Waals surface area (Å²) in [6.45, 7) is 9.87. The van der Waals surface area contributed by atoms with Crippen LogP contribution in [0.1, 0.15) is 52.4 Å². The summed E-state index contributed by atoms with van der Waals surface area (Å²) in [5.41, 5.74) is 0. The molecule has 3 atom stereocenters. The number of rotatable bonds is 1. The van der Waals surface area contributed by atoms with E-state index in [1.165, 1.54) is 64.7 Å². The zero-order chi connectivity index (χ0) is 12.1. The molecule has 0 aromatic rings. The fourth-order valence-electron chi connectivity index (χ4n) is 3.48. The van der Waals surface area contributed by atoms with Gasteiger partial charge in [-0.2, -0.15) is 0 Å². The quantitative estimate of drug-likeness (QED) is 0.707. The Morgan fingerprint density at radius 2 is 1.82 bits per heavy atom. The highest BCUT2D eigenvalue weighted by molar-refractivity contribution is 4.79. The van der Waals surface area contributed by atoms with E-state index in [1.54, 1.807) is 0 Å². The molecule has 0 bridgehead atoms. The predicted molar refractivity (Wildman–Crippen MR) is 74.3 cm³/mol. The Labute approximate surface area is 107 Å². The lowest BCUT2D eigenvalue weighted by molar-refractivity contribution is 0.143. The molecule has 2 heteroatoms. The number of hydrogen-bond donors (Lipinski definition) is 1. The van der Waals surface area contributed by atoms with Crippen molar-refractivity contribution in [3.63, 3.8) is 0 Å². The summed E-state index contributed by atoms with van der Waals surface area (Å²) in [4.78, 5) is 2.81. The molecule has 1 aliphatic carbocycles. The predicted octanol–water partition coefficient (Wildman–Crippen LogP) is 2.89. The smallest absolute Gasteiger partial charge is 0.00954 e. The third kappa shape index (κ3) is 4.26. The van der Waals surface area contributed by atoms with Crippen LogP contribution in [0.25, 0.3) is 0 Å². The van der Waals surface area contributed by atoms with Gasteiger partial charge >= 0.3 is 0 Å². The minimum Gasteiger partial charge on any atom is -0.316 e. The van der Waals surface area contributed by atoms with E-state index in [2.05, 4.69) is 24.1 Å². The van der Waals surface area contributed by atoms with Crippen LogP contribution in [0, 0.1) is 11.8 Å². The van der Waals surface area contributed by atoms with Crippen LogP contribution < -0.4 is 5.32 Å². The van der Waals surface area contributed by atoms with E-state index in [-0.39, 0.29) is 0 Å². The maximum atomic E-state index is 3.55. The minimum atomic E-state index is 0.816. The molecule has 1 N–H and O–H groups in total. The van der Waals surface area contributed by atoms with Crippen molar-refractivity contribution >= 4 is 0 Å². The van der Waals surface area contributed by atoms with Gasteiger partial charge < -0.3 is 10.2 Å². The van der Waals surface area contributed by atoms with Gasteiger partial charge in [0.25, 0.3) is 0 Å². The Kier molecular flexibility index (Phi) is 5.30. The molecule has 0 aromatic heterocycles. The van der Waals surface area contributed by atoms with E-state index < -0.39 is 0 Å². The zero-order valence-electron chi connectivity index (χ0n) is 11.8. The molecule has 0 aromatic carbocycles. The van der Waals surface area contributed by atoms with Gasteiger partial charge in [0.1, 0.15) is 0 Å². The summed E-state index contributed by atoms with van der Waals surface area (Å²) in [5.74, 6) is 1.78. The van der Waals surface area contributed by atoms with Gasteiger partial charge in [0.15, 0.2) is 0 Å². The second-order valence-corrected chi connectivity index (χ2v) is 6.43. The van der Waals surface area contributed by atoms with Crippen molar-refractivity contribution in [2.45, 2.75) is 58.4 Å². The van der Waals surface area contributed by atoms with E-state index in [0.717, 1.165) is 17.9 Å².